The summed E-state index contributed by atoms with van der Waals surface area (Å²) < 4.78 is 5.40. The number of amides is 3. The van der Waals surface area contributed by atoms with Gasteiger partial charge in [-0.25, -0.2) is 4.79 Å². The molecule has 0 spiro atoms. The number of imide groups is 1. The molecule has 1 saturated heterocycles. The number of nitrogens with zero attached hydrogens (tertiary/aromatic N) is 1. The third-order valence-electron chi connectivity index (χ3n) is 3.50. The van der Waals surface area contributed by atoms with Gasteiger partial charge < -0.3 is 4.74 Å². The van der Waals surface area contributed by atoms with Gasteiger partial charge in [0.2, 0.25) is 0 Å². The lowest BCUT2D eigenvalue weighted by molar-refractivity contribution is -0.119. The van der Waals surface area contributed by atoms with E-state index in [1.165, 1.54) is 4.90 Å². The largest absolute Gasteiger partial charge is 0.494 e. The van der Waals surface area contributed by atoms with E-state index in [1.807, 2.05) is 37.3 Å². The van der Waals surface area contributed by atoms with E-state index >= 15 is 0 Å². The zero-order valence-corrected chi connectivity index (χ0v) is 12.2. The van der Waals surface area contributed by atoms with E-state index in [1.54, 1.807) is 24.3 Å². The summed E-state index contributed by atoms with van der Waals surface area (Å²) in [6.45, 7) is 2.49. The quantitative estimate of drug-likeness (QED) is 0.883. The standard InChI is InChI=1S/C17H16N2O3/c1-2-22-14-10-8-12(9-11-14)15-16(20)18-17(21)19(15)13-6-4-3-5-7-13/h3-11,15H,2H2,1H3,(H,18,20,21). The van der Waals surface area contributed by atoms with Crippen LogP contribution in [0.15, 0.2) is 54.6 Å². The fraction of sp³-hybridized carbons (Fsp3) is 0.176. The van der Waals surface area contributed by atoms with Gasteiger partial charge >= 0.3 is 6.03 Å². The second-order valence-corrected chi connectivity index (χ2v) is 4.90. The third kappa shape index (κ3) is 2.53. The van der Waals surface area contributed by atoms with Gasteiger partial charge in [-0.3, -0.25) is 15.0 Å². The summed E-state index contributed by atoms with van der Waals surface area (Å²) in [5, 5.41) is 2.37. The van der Waals surface area contributed by atoms with Gasteiger partial charge in [0.25, 0.3) is 5.91 Å². The number of benzene rings is 2. The maximum Gasteiger partial charge on any atom is 0.329 e. The first-order chi connectivity index (χ1) is 10.7. The Kier molecular flexibility index (Phi) is 3.78. The van der Waals surface area contributed by atoms with Crippen LogP contribution in [0.2, 0.25) is 0 Å². The Hall–Kier alpha value is -2.82. The predicted molar refractivity (Wildman–Crippen MR) is 82.8 cm³/mol. The molecule has 5 heteroatoms. The highest BCUT2D eigenvalue weighted by Crippen LogP contribution is 2.31. The summed E-state index contributed by atoms with van der Waals surface area (Å²) in [6, 6.07) is 15.3. The molecule has 1 heterocycles. The lowest BCUT2D eigenvalue weighted by Crippen LogP contribution is -2.29. The minimum atomic E-state index is -0.662. The van der Waals surface area contributed by atoms with Crippen molar-refractivity contribution in [1.82, 2.24) is 5.32 Å². The summed E-state index contributed by atoms with van der Waals surface area (Å²) >= 11 is 0. The van der Waals surface area contributed by atoms with Crippen LogP contribution in [0.3, 0.4) is 0 Å². The van der Waals surface area contributed by atoms with Gasteiger partial charge in [0.05, 0.1) is 6.61 Å². The molecule has 22 heavy (non-hydrogen) atoms. The molecule has 0 aliphatic carbocycles. The molecule has 0 radical (unpaired) electrons. The second-order valence-electron chi connectivity index (χ2n) is 4.90. The van der Waals surface area contributed by atoms with E-state index < -0.39 is 12.1 Å². The topological polar surface area (TPSA) is 58.6 Å². The Morgan fingerprint density at radius 3 is 2.36 bits per heavy atom. The summed E-state index contributed by atoms with van der Waals surface area (Å²) in [5.41, 5.74) is 1.43. The van der Waals surface area contributed by atoms with Crippen LogP contribution >= 0.6 is 0 Å². The average Bonchev–Trinajstić information content (AvgIpc) is 2.84. The molecular formula is C17H16N2O3. The van der Waals surface area contributed by atoms with Crippen LogP contribution < -0.4 is 15.0 Å². The van der Waals surface area contributed by atoms with Crippen LogP contribution in [0.25, 0.3) is 0 Å². The van der Waals surface area contributed by atoms with Crippen molar-refractivity contribution in [3.8, 4) is 5.75 Å². The van der Waals surface area contributed by atoms with E-state index in [0.717, 1.165) is 11.3 Å². The molecule has 3 rings (SSSR count). The highest BCUT2D eigenvalue weighted by molar-refractivity contribution is 6.14. The molecule has 112 valence electrons. The average molecular weight is 296 g/mol. The van der Waals surface area contributed by atoms with Gasteiger partial charge in [-0.05, 0) is 36.8 Å². The highest BCUT2D eigenvalue weighted by atomic mass is 16.5. The molecule has 1 unspecified atom stereocenters. The van der Waals surface area contributed by atoms with Crippen molar-refractivity contribution in [2.75, 3.05) is 11.5 Å². The van der Waals surface area contributed by atoms with E-state index in [2.05, 4.69) is 5.32 Å². The van der Waals surface area contributed by atoms with Crippen molar-refractivity contribution in [3.05, 3.63) is 60.2 Å². The number of carbonyl (C=O) groups is 2. The van der Waals surface area contributed by atoms with Gasteiger partial charge in [0.15, 0.2) is 0 Å². The van der Waals surface area contributed by atoms with Crippen molar-refractivity contribution < 1.29 is 14.3 Å². The van der Waals surface area contributed by atoms with E-state index in [0.29, 0.717) is 12.3 Å². The molecule has 0 saturated carbocycles. The van der Waals surface area contributed by atoms with Crippen molar-refractivity contribution in [3.63, 3.8) is 0 Å². The molecule has 1 N–H and O–H groups in total. The fourth-order valence-electron chi connectivity index (χ4n) is 2.54. The fourth-order valence-corrected chi connectivity index (χ4v) is 2.54. The Balaban J connectivity index is 1.95. The Bertz CT molecular complexity index is 683. The Labute approximate surface area is 128 Å². The SMILES string of the molecule is CCOc1ccc(C2C(=O)NC(=O)N2c2ccccc2)cc1. The summed E-state index contributed by atoms with van der Waals surface area (Å²) in [7, 11) is 0. The lowest BCUT2D eigenvalue weighted by Gasteiger charge is -2.22. The van der Waals surface area contributed by atoms with Crippen molar-refractivity contribution >= 4 is 17.6 Å². The van der Waals surface area contributed by atoms with E-state index in [-0.39, 0.29) is 5.91 Å². The van der Waals surface area contributed by atoms with Crippen LogP contribution in [-0.2, 0) is 4.79 Å². The number of hydrogen-bond acceptors (Lipinski definition) is 3. The van der Waals surface area contributed by atoms with Crippen LogP contribution in [0, 0.1) is 0 Å². The Morgan fingerprint density at radius 1 is 1.05 bits per heavy atom. The molecule has 3 amide bonds. The normalized spacial score (nSPS) is 17.5. The molecular weight excluding hydrogens is 280 g/mol. The summed E-state index contributed by atoms with van der Waals surface area (Å²) in [5.74, 6) is 0.417. The molecule has 1 atom stereocenters. The zero-order chi connectivity index (χ0) is 15.5. The first kappa shape index (κ1) is 14.1. The molecule has 1 fully saturated rings. The maximum atomic E-state index is 12.2. The minimum Gasteiger partial charge on any atom is -0.494 e. The van der Waals surface area contributed by atoms with Crippen molar-refractivity contribution in [2.45, 2.75) is 13.0 Å². The molecule has 5 nitrogen and oxygen atoms in total. The minimum absolute atomic E-state index is 0.321. The third-order valence-corrected chi connectivity index (χ3v) is 3.50. The Morgan fingerprint density at radius 2 is 1.73 bits per heavy atom. The van der Waals surface area contributed by atoms with Crippen molar-refractivity contribution in [2.24, 2.45) is 0 Å². The van der Waals surface area contributed by atoms with Crippen LogP contribution in [0.1, 0.15) is 18.5 Å². The smallest absolute Gasteiger partial charge is 0.329 e. The number of para-hydroxylation sites is 1. The van der Waals surface area contributed by atoms with E-state index in [4.69, 9.17) is 4.74 Å². The molecule has 2 aromatic rings. The van der Waals surface area contributed by atoms with Gasteiger partial charge in [-0.15, -0.1) is 0 Å². The molecule has 1 aliphatic heterocycles. The lowest BCUT2D eigenvalue weighted by atomic mass is 10.1. The van der Waals surface area contributed by atoms with Gasteiger partial charge in [0.1, 0.15) is 11.8 Å². The molecule has 2 aromatic carbocycles. The zero-order valence-electron chi connectivity index (χ0n) is 12.2. The summed E-state index contributed by atoms with van der Waals surface area (Å²) in [6.07, 6.45) is 0. The number of ether oxygens (including phenoxy) is 1. The number of carbonyl (C=O) groups excluding carboxylic acids is 2. The van der Waals surface area contributed by atoms with Crippen molar-refractivity contribution in [1.29, 1.82) is 0 Å². The van der Waals surface area contributed by atoms with Crippen LogP contribution in [0.5, 0.6) is 5.75 Å². The molecule has 1 aliphatic rings. The maximum absolute atomic E-state index is 12.2. The van der Waals surface area contributed by atoms with Gasteiger partial charge in [-0.2, -0.15) is 0 Å². The molecule has 0 aromatic heterocycles. The van der Waals surface area contributed by atoms with Gasteiger partial charge in [-0.1, -0.05) is 30.3 Å². The number of urea groups is 1. The first-order valence-corrected chi connectivity index (χ1v) is 7.12. The van der Waals surface area contributed by atoms with Crippen LogP contribution in [0.4, 0.5) is 10.5 Å². The number of hydrogen-bond donors (Lipinski definition) is 1. The molecule has 0 bridgehead atoms. The van der Waals surface area contributed by atoms with E-state index in [9.17, 15) is 9.59 Å². The monoisotopic (exact) mass is 296 g/mol. The predicted octanol–water partition coefficient (Wildman–Crippen LogP) is 2.88. The highest BCUT2D eigenvalue weighted by Gasteiger charge is 2.40. The number of rotatable bonds is 4. The number of anilines is 1. The summed E-state index contributed by atoms with van der Waals surface area (Å²) in [4.78, 5) is 25.8. The first-order valence-electron chi connectivity index (χ1n) is 7.12. The van der Waals surface area contributed by atoms with Gasteiger partial charge in [0, 0.05) is 5.69 Å². The number of nitrogens with one attached hydrogen (secondary N) is 1. The van der Waals surface area contributed by atoms with Crippen LogP contribution in [-0.4, -0.2) is 18.5 Å². The second kappa shape index (κ2) is 5.89.